The molecule has 2 aromatic heterocycles. The first kappa shape index (κ1) is 20.5. The number of anilines is 1. The lowest BCUT2D eigenvalue weighted by molar-refractivity contribution is -0.132. The highest BCUT2D eigenvalue weighted by atomic mass is 32.1. The minimum Gasteiger partial charge on any atom is -0.507 e. The van der Waals surface area contributed by atoms with Gasteiger partial charge in [-0.25, -0.2) is 9.78 Å². The molecule has 1 saturated heterocycles. The van der Waals surface area contributed by atoms with Gasteiger partial charge in [0, 0.05) is 5.56 Å². The number of hydrogen-bond acceptors (Lipinski definition) is 8. The number of aromatic nitrogens is 1. The smallest absolute Gasteiger partial charge is 0.350 e. The van der Waals surface area contributed by atoms with E-state index in [1.807, 2.05) is 6.92 Å². The molecule has 3 heterocycles. The molecule has 1 fully saturated rings. The van der Waals surface area contributed by atoms with Gasteiger partial charge in [-0.05, 0) is 26.0 Å². The molecular formula is C22H18N2O6S. The van der Waals surface area contributed by atoms with Gasteiger partial charge >= 0.3 is 11.9 Å². The number of amides is 1. The van der Waals surface area contributed by atoms with Gasteiger partial charge in [0.2, 0.25) is 0 Å². The van der Waals surface area contributed by atoms with Crippen molar-refractivity contribution in [1.82, 2.24) is 4.98 Å². The average molecular weight is 438 g/mol. The highest BCUT2D eigenvalue weighted by Gasteiger charge is 2.49. The van der Waals surface area contributed by atoms with E-state index in [4.69, 9.17) is 9.15 Å². The van der Waals surface area contributed by atoms with Gasteiger partial charge in [-0.2, -0.15) is 0 Å². The number of esters is 1. The van der Waals surface area contributed by atoms with E-state index in [0.29, 0.717) is 11.3 Å². The number of ketones is 1. The molecule has 1 amide bonds. The first-order valence-corrected chi connectivity index (χ1v) is 10.1. The molecule has 1 aliphatic rings. The predicted molar refractivity (Wildman–Crippen MR) is 113 cm³/mol. The average Bonchev–Trinajstić information content (AvgIpc) is 3.47. The van der Waals surface area contributed by atoms with Crippen LogP contribution in [0.25, 0.3) is 5.76 Å². The van der Waals surface area contributed by atoms with Gasteiger partial charge in [-0.15, -0.1) is 0 Å². The number of benzene rings is 1. The largest absolute Gasteiger partial charge is 0.507 e. The molecule has 0 bridgehead atoms. The van der Waals surface area contributed by atoms with E-state index in [1.54, 1.807) is 43.3 Å². The maximum Gasteiger partial charge on any atom is 0.350 e. The molecule has 0 radical (unpaired) electrons. The lowest BCUT2D eigenvalue weighted by Gasteiger charge is -2.20. The van der Waals surface area contributed by atoms with Gasteiger partial charge in [0.1, 0.15) is 22.4 Å². The zero-order valence-electron chi connectivity index (χ0n) is 16.9. The van der Waals surface area contributed by atoms with Crippen molar-refractivity contribution in [3.05, 3.63) is 75.7 Å². The Morgan fingerprint density at radius 2 is 1.90 bits per heavy atom. The minimum absolute atomic E-state index is 0.115. The summed E-state index contributed by atoms with van der Waals surface area (Å²) in [5.41, 5.74) is 1.63. The van der Waals surface area contributed by atoms with Crippen molar-refractivity contribution in [2.24, 2.45) is 0 Å². The molecule has 158 valence electrons. The van der Waals surface area contributed by atoms with Crippen LogP contribution in [0, 0.1) is 13.8 Å². The van der Waals surface area contributed by atoms with Crippen LogP contribution in [0.3, 0.4) is 0 Å². The number of aliphatic hydroxyl groups is 1. The lowest BCUT2D eigenvalue weighted by Crippen LogP contribution is -2.29. The summed E-state index contributed by atoms with van der Waals surface area (Å²) < 4.78 is 10.3. The molecular weight excluding hydrogens is 420 g/mol. The van der Waals surface area contributed by atoms with Crippen LogP contribution in [0.4, 0.5) is 5.13 Å². The second-order valence-electron chi connectivity index (χ2n) is 6.95. The topological polar surface area (TPSA) is 110 Å². The van der Waals surface area contributed by atoms with E-state index in [1.165, 1.54) is 13.4 Å². The second kappa shape index (κ2) is 7.84. The molecule has 0 spiro atoms. The summed E-state index contributed by atoms with van der Waals surface area (Å²) in [6.07, 6.45) is 1.41. The summed E-state index contributed by atoms with van der Waals surface area (Å²) in [4.78, 5) is 43.7. The van der Waals surface area contributed by atoms with E-state index in [9.17, 15) is 19.5 Å². The Balaban J connectivity index is 1.90. The number of carbonyl (C=O) groups is 3. The summed E-state index contributed by atoms with van der Waals surface area (Å²) in [6, 6.07) is 9.11. The second-order valence-corrected chi connectivity index (χ2v) is 7.93. The lowest BCUT2D eigenvalue weighted by atomic mass is 9.99. The van der Waals surface area contributed by atoms with Crippen molar-refractivity contribution in [2.45, 2.75) is 19.9 Å². The SMILES string of the molecule is COC(=O)c1sc(N2C(=O)C(=O)/C(=C(/O)c3ccc(C)cc3)C2c2ccco2)nc1C. The Morgan fingerprint density at radius 1 is 1.19 bits per heavy atom. The Hall–Kier alpha value is -3.72. The predicted octanol–water partition coefficient (Wildman–Crippen LogP) is 3.77. The summed E-state index contributed by atoms with van der Waals surface area (Å²) in [7, 11) is 1.25. The quantitative estimate of drug-likeness (QED) is 0.286. The van der Waals surface area contributed by atoms with Crippen LogP contribution in [0.1, 0.15) is 38.3 Å². The highest BCUT2D eigenvalue weighted by molar-refractivity contribution is 7.17. The van der Waals surface area contributed by atoms with E-state index >= 15 is 0 Å². The number of aliphatic hydroxyl groups excluding tert-OH is 1. The molecule has 3 aromatic rings. The minimum atomic E-state index is -1.03. The number of furan rings is 1. The number of Topliss-reactive ketones (excluding diaryl/α,β-unsaturated/α-hetero) is 1. The number of ether oxygens (including phenoxy) is 1. The van der Waals surface area contributed by atoms with Crippen molar-refractivity contribution < 1.29 is 28.6 Å². The summed E-state index contributed by atoms with van der Waals surface area (Å²) >= 11 is 0.929. The number of hydrogen-bond donors (Lipinski definition) is 1. The van der Waals surface area contributed by atoms with E-state index in [2.05, 4.69) is 4.98 Å². The van der Waals surface area contributed by atoms with Gasteiger partial charge in [-0.1, -0.05) is 41.2 Å². The number of methoxy groups -OCH3 is 1. The van der Waals surface area contributed by atoms with Gasteiger partial charge < -0.3 is 14.3 Å². The van der Waals surface area contributed by atoms with E-state index < -0.39 is 23.7 Å². The summed E-state index contributed by atoms with van der Waals surface area (Å²) in [5.74, 6) is -2.37. The standard InChI is InChI=1S/C22H18N2O6S/c1-11-6-8-13(9-7-11)17(25)15-16(14-5-4-10-30-14)24(20(27)18(15)26)22-23-12(2)19(31-22)21(28)29-3/h4-10,16,25H,1-3H3/b17-15+. The monoisotopic (exact) mass is 438 g/mol. The molecule has 1 unspecified atom stereocenters. The molecule has 9 heteroatoms. The Labute approximate surface area is 181 Å². The zero-order valence-corrected chi connectivity index (χ0v) is 17.7. The zero-order chi connectivity index (χ0) is 22.3. The Kier molecular flexibility index (Phi) is 5.20. The van der Waals surface area contributed by atoms with Gasteiger partial charge in [0.25, 0.3) is 5.78 Å². The molecule has 31 heavy (non-hydrogen) atoms. The Bertz CT molecular complexity index is 1210. The van der Waals surface area contributed by atoms with Crippen LogP contribution in [0.5, 0.6) is 0 Å². The third-order valence-electron chi connectivity index (χ3n) is 4.94. The number of nitrogens with zero attached hydrogens (tertiary/aromatic N) is 2. The number of carbonyl (C=O) groups excluding carboxylic acids is 3. The van der Waals surface area contributed by atoms with Crippen LogP contribution >= 0.6 is 11.3 Å². The van der Waals surface area contributed by atoms with Crippen molar-refractivity contribution in [2.75, 3.05) is 12.0 Å². The van der Waals surface area contributed by atoms with Crippen molar-refractivity contribution in [3.8, 4) is 0 Å². The van der Waals surface area contributed by atoms with Gasteiger partial charge in [0.15, 0.2) is 5.13 Å². The van der Waals surface area contributed by atoms with Crippen LogP contribution in [-0.2, 0) is 14.3 Å². The van der Waals surface area contributed by atoms with E-state index in [0.717, 1.165) is 21.8 Å². The molecule has 8 nitrogen and oxygen atoms in total. The third kappa shape index (κ3) is 3.42. The van der Waals surface area contributed by atoms with Crippen molar-refractivity contribution >= 4 is 39.9 Å². The van der Waals surface area contributed by atoms with Crippen molar-refractivity contribution in [1.29, 1.82) is 0 Å². The maximum absolute atomic E-state index is 13.0. The van der Waals surface area contributed by atoms with Crippen LogP contribution < -0.4 is 4.90 Å². The fourth-order valence-corrected chi connectivity index (χ4v) is 4.39. The van der Waals surface area contributed by atoms with Crippen LogP contribution in [0.2, 0.25) is 0 Å². The first-order valence-electron chi connectivity index (χ1n) is 9.30. The van der Waals surface area contributed by atoms with Gasteiger partial charge in [0.05, 0.1) is 24.6 Å². The van der Waals surface area contributed by atoms with E-state index in [-0.39, 0.29) is 27.1 Å². The Morgan fingerprint density at radius 3 is 2.52 bits per heavy atom. The molecule has 1 N–H and O–H groups in total. The molecule has 1 atom stereocenters. The first-order chi connectivity index (χ1) is 14.8. The highest BCUT2D eigenvalue weighted by Crippen LogP contribution is 2.44. The molecule has 1 aliphatic heterocycles. The molecule has 1 aromatic carbocycles. The molecule has 0 aliphatic carbocycles. The number of rotatable bonds is 4. The number of thiazole rings is 1. The maximum atomic E-state index is 13.0. The number of aryl methyl sites for hydroxylation is 2. The van der Waals surface area contributed by atoms with Crippen molar-refractivity contribution in [3.63, 3.8) is 0 Å². The normalized spacial score (nSPS) is 17.9. The fourth-order valence-electron chi connectivity index (χ4n) is 3.38. The summed E-state index contributed by atoms with van der Waals surface area (Å²) in [6.45, 7) is 3.51. The fraction of sp³-hybridized carbons (Fsp3) is 0.182. The molecule has 4 rings (SSSR count). The van der Waals surface area contributed by atoms with Gasteiger partial charge in [-0.3, -0.25) is 14.5 Å². The van der Waals surface area contributed by atoms with Crippen LogP contribution in [-0.4, -0.2) is 34.9 Å². The molecule has 0 saturated carbocycles. The third-order valence-corrected chi connectivity index (χ3v) is 6.08. The summed E-state index contributed by atoms with van der Waals surface area (Å²) in [5, 5.41) is 11.1. The van der Waals surface area contributed by atoms with Crippen LogP contribution in [0.15, 0.2) is 52.7 Å².